The van der Waals surface area contributed by atoms with Crippen LogP contribution >= 0.6 is 0 Å². The summed E-state index contributed by atoms with van der Waals surface area (Å²) < 4.78 is 33.0. The molecule has 0 radical (unpaired) electrons. The van der Waals surface area contributed by atoms with Crippen LogP contribution in [0.2, 0.25) is 0 Å². The Morgan fingerprint density at radius 2 is 1.69 bits per heavy atom. The van der Waals surface area contributed by atoms with Crippen molar-refractivity contribution in [3.05, 3.63) is 100 Å². The lowest BCUT2D eigenvalue weighted by Crippen LogP contribution is -2.37. The Morgan fingerprint density at radius 3 is 2.40 bits per heavy atom. The zero-order valence-electron chi connectivity index (χ0n) is 18.7. The highest BCUT2D eigenvalue weighted by Crippen LogP contribution is 2.23. The molecule has 0 saturated carbocycles. The summed E-state index contributed by atoms with van der Waals surface area (Å²) in [7, 11) is -4.25. The molecule has 2 N–H and O–H groups in total. The summed E-state index contributed by atoms with van der Waals surface area (Å²) in [6, 6.07) is 19.7. The number of non-ortho nitro benzene ring substituents is 1. The van der Waals surface area contributed by atoms with E-state index in [1.807, 2.05) is 30.3 Å². The molecule has 0 aliphatic rings. The van der Waals surface area contributed by atoms with E-state index in [2.05, 4.69) is 10.0 Å². The fourth-order valence-electron chi connectivity index (χ4n) is 3.11. The first-order valence-corrected chi connectivity index (χ1v) is 12.0. The van der Waals surface area contributed by atoms with Gasteiger partial charge in [0.2, 0.25) is 0 Å². The molecule has 0 aromatic heterocycles. The minimum absolute atomic E-state index is 0.0966. The Labute approximate surface area is 202 Å². The van der Waals surface area contributed by atoms with Gasteiger partial charge in [0.25, 0.3) is 21.6 Å². The maximum atomic E-state index is 12.8. The third-order valence-electron chi connectivity index (χ3n) is 4.94. The van der Waals surface area contributed by atoms with Crippen molar-refractivity contribution in [2.24, 2.45) is 0 Å². The highest BCUT2D eigenvalue weighted by Gasteiger charge is 2.24. The molecule has 35 heavy (non-hydrogen) atoms. The lowest BCUT2D eigenvalue weighted by Gasteiger charge is -2.16. The molecular weight excluding hydrogens is 474 g/mol. The molecule has 0 spiro atoms. The fourth-order valence-corrected chi connectivity index (χ4v) is 4.23. The van der Waals surface area contributed by atoms with Crippen LogP contribution in [0.5, 0.6) is 0 Å². The maximum Gasteiger partial charge on any atom is 0.341 e. The summed E-state index contributed by atoms with van der Waals surface area (Å²) in [4.78, 5) is 35.0. The number of nitrogens with zero attached hydrogens (tertiary/aromatic N) is 1. The molecule has 0 aliphatic carbocycles. The van der Waals surface area contributed by atoms with Crippen molar-refractivity contribution in [1.29, 1.82) is 0 Å². The number of para-hydroxylation sites is 1. The van der Waals surface area contributed by atoms with Crippen LogP contribution in [0.1, 0.15) is 22.8 Å². The van der Waals surface area contributed by atoms with Crippen LogP contribution in [0, 0.1) is 10.1 Å². The summed E-state index contributed by atoms with van der Waals surface area (Å²) in [5.41, 5.74) is 0.432. The first-order chi connectivity index (χ1) is 16.7. The summed E-state index contributed by atoms with van der Waals surface area (Å²) in [6.45, 7) is 1.76. The SMILES string of the molecule is CC(OC(=O)c1ccccc1NS(=O)(=O)c1cccc([N+](=O)[O-])c1)C(=O)NCCc1ccccc1. The number of nitro groups is 1. The fraction of sp³-hybridized carbons (Fsp3) is 0.167. The minimum atomic E-state index is -4.25. The van der Waals surface area contributed by atoms with Gasteiger partial charge >= 0.3 is 5.97 Å². The van der Waals surface area contributed by atoms with Crippen LogP contribution in [-0.4, -0.2) is 37.9 Å². The number of rotatable bonds is 10. The number of anilines is 1. The summed E-state index contributed by atoms with van der Waals surface area (Å²) in [5.74, 6) is -1.41. The van der Waals surface area contributed by atoms with Gasteiger partial charge < -0.3 is 10.1 Å². The van der Waals surface area contributed by atoms with Gasteiger partial charge in [-0.3, -0.25) is 19.6 Å². The average molecular weight is 498 g/mol. The highest BCUT2D eigenvalue weighted by atomic mass is 32.2. The van der Waals surface area contributed by atoms with E-state index in [0.29, 0.717) is 13.0 Å². The summed E-state index contributed by atoms with van der Waals surface area (Å²) in [6.07, 6.45) is -0.519. The molecular formula is C24H23N3O7S. The van der Waals surface area contributed by atoms with E-state index in [-0.39, 0.29) is 16.1 Å². The van der Waals surface area contributed by atoms with Crippen molar-refractivity contribution in [2.45, 2.75) is 24.3 Å². The van der Waals surface area contributed by atoms with Crippen molar-refractivity contribution in [1.82, 2.24) is 5.32 Å². The molecule has 10 nitrogen and oxygen atoms in total. The van der Waals surface area contributed by atoms with Crippen LogP contribution in [0.25, 0.3) is 0 Å². The van der Waals surface area contributed by atoms with Crippen LogP contribution in [0.4, 0.5) is 11.4 Å². The third kappa shape index (κ3) is 6.87. The Balaban J connectivity index is 1.66. The number of esters is 1. The zero-order valence-corrected chi connectivity index (χ0v) is 19.5. The van der Waals surface area contributed by atoms with Crippen molar-refractivity contribution < 1.29 is 27.7 Å². The van der Waals surface area contributed by atoms with Crippen LogP contribution < -0.4 is 10.0 Å². The number of sulfonamides is 1. The van der Waals surface area contributed by atoms with Gasteiger partial charge in [-0.1, -0.05) is 48.5 Å². The van der Waals surface area contributed by atoms with E-state index >= 15 is 0 Å². The zero-order chi connectivity index (χ0) is 25.4. The monoisotopic (exact) mass is 497 g/mol. The van der Waals surface area contributed by atoms with E-state index in [9.17, 15) is 28.1 Å². The molecule has 11 heteroatoms. The quantitative estimate of drug-likeness (QED) is 0.248. The molecule has 1 atom stereocenters. The second kappa shape index (κ2) is 11.3. The second-order valence-corrected chi connectivity index (χ2v) is 9.16. The van der Waals surface area contributed by atoms with Gasteiger partial charge in [0.1, 0.15) is 0 Å². The van der Waals surface area contributed by atoms with Gasteiger partial charge in [-0.15, -0.1) is 0 Å². The van der Waals surface area contributed by atoms with E-state index in [0.717, 1.165) is 17.7 Å². The molecule has 3 rings (SSSR count). The van der Waals surface area contributed by atoms with Crippen LogP contribution in [-0.2, 0) is 26.0 Å². The minimum Gasteiger partial charge on any atom is -0.449 e. The third-order valence-corrected chi connectivity index (χ3v) is 6.30. The number of hydrogen-bond donors (Lipinski definition) is 2. The molecule has 0 saturated heterocycles. The Morgan fingerprint density at radius 1 is 1.00 bits per heavy atom. The first kappa shape index (κ1) is 25.4. The van der Waals surface area contributed by atoms with E-state index in [4.69, 9.17) is 4.74 Å². The lowest BCUT2D eigenvalue weighted by molar-refractivity contribution is -0.385. The number of benzene rings is 3. The van der Waals surface area contributed by atoms with E-state index < -0.39 is 38.6 Å². The van der Waals surface area contributed by atoms with Crippen LogP contribution in [0.15, 0.2) is 83.8 Å². The van der Waals surface area contributed by atoms with Gasteiger partial charge in [0, 0.05) is 18.7 Å². The second-order valence-electron chi connectivity index (χ2n) is 7.48. The summed E-state index contributed by atoms with van der Waals surface area (Å²) in [5, 5.41) is 13.7. The molecule has 1 unspecified atom stereocenters. The lowest BCUT2D eigenvalue weighted by atomic mass is 10.1. The molecule has 0 heterocycles. The van der Waals surface area contributed by atoms with Gasteiger partial charge in [-0.05, 0) is 37.1 Å². The smallest absolute Gasteiger partial charge is 0.341 e. The largest absolute Gasteiger partial charge is 0.449 e. The van der Waals surface area contributed by atoms with Crippen molar-refractivity contribution in [2.75, 3.05) is 11.3 Å². The number of ether oxygens (including phenoxy) is 1. The predicted molar refractivity (Wildman–Crippen MR) is 128 cm³/mol. The predicted octanol–water partition coefficient (Wildman–Crippen LogP) is 3.30. The molecule has 182 valence electrons. The molecule has 3 aromatic carbocycles. The number of carbonyl (C=O) groups is 2. The Kier molecular flexibility index (Phi) is 8.16. The highest BCUT2D eigenvalue weighted by molar-refractivity contribution is 7.92. The van der Waals surface area contributed by atoms with Crippen molar-refractivity contribution in [3.8, 4) is 0 Å². The average Bonchev–Trinajstić information content (AvgIpc) is 2.84. The van der Waals surface area contributed by atoms with Crippen LogP contribution in [0.3, 0.4) is 0 Å². The summed E-state index contributed by atoms with van der Waals surface area (Å²) >= 11 is 0. The molecule has 1 amide bonds. The van der Waals surface area contributed by atoms with Crippen molar-refractivity contribution in [3.63, 3.8) is 0 Å². The van der Waals surface area contributed by atoms with Gasteiger partial charge in [-0.2, -0.15) is 0 Å². The number of carbonyl (C=O) groups excluding carboxylic acids is 2. The molecule has 0 fully saturated rings. The van der Waals surface area contributed by atoms with Gasteiger partial charge in [-0.25, -0.2) is 13.2 Å². The standard InChI is InChI=1S/C24H23N3O7S/c1-17(23(28)25-15-14-18-8-3-2-4-9-18)34-24(29)21-12-5-6-13-22(21)26-35(32,33)20-11-7-10-19(16-20)27(30)31/h2-13,16-17,26H,14-15H2,1H3,(H,25,28). The first-order valence-electron chi connectivity index (χ1n) is 10.6. The molecule has 0 aliphatic heterocycles. The number of nitro benzene ring substituents is 1. The molecule has 3 aromatic rings. The number of amides is 1. The number of nitrogens with one attached hydrogen (secondary N) is 2. The topological polar surface area (TPSA) is 145 Å². The Bertz CT molecular complexity index is 1330. The van der Waals surface area contributed by atoms with E-state index in [1.165, 1.54) is 43.3 Å². The molecule has 0 bridgehead atoms. The maximum absolute atomic E-state index is 12.8. The van der Waals surface area contributed by atoms with Gasteiger partial charge in [0.05, 0.1) is 21.1 Å². The number of hydrogen-bond acceptors (Lipinski definition) is 7. The van der Waals surface area contributed by atoms with E-state index in [1.54, 1.807) is 0 Å². The van der Waals surface area contributed by atoms with Gasteiger partial charge in [0.15, 0.2) is 6.10 Å². The normalized spacial score (nSPS) is 11.8. The van der Waals surface area contributed by atoms with Crippen molar-refractivity contribution >= 4 is 33.3 Å². The Hall–Kier alpha value is -4.25.